The zero-order valence-electron chi connectivity index (χ0n) is 10.9. The molecule has 18 heavy (non-hydrogen) atoms. The molecule has 0 aliphatic carbocycles. The Morgan fingerprint density at radius 3 is 2.83 bits per heavy atom. The lowest BCUT2D eigenvalue weighted by Crippen LogP contribution is -2.19. The Labute approximate surface area is 116 Å². The van der Waals surface area contributed by atoms with Crippen molar-refractivity contribution < 1.29 is 0 Å². The van der Waals surface area contributed by atoms with Gasteiger partial charge in [0.25, 0.3) is 0 Å². The molecule has 1 aromatic carbocycles. The summed E-state index contributed by atoms with van der Waals surface area (Å²) in [5.41, 5.74) is 3.80. The first-order chi connectivity index (χ1) is 8.61. The molecule has 1 aromatic heterocycles. The molecule has 2 aromatic rings. The number of rotatable bonds is 4. The minimum Gasteiger partial charge on any atom is -0.313 e. The van der Waals surface area contributed by atoms with Gasteiger partial charge >= 0.3 is 0 Å². The zero-order chi connectivity index (χ0) is 13.1. The summed E-state index contributed by atoms with van der Waals surface area (Å²) in [5.74, 6) is 0. The molecule has 3 nitrogen and oxygen atoms in total. The number of likely N-dealkylation sites (N-methyl/N-ethyl adjacent to an activating group) is 1. The molecule has 0 aliphatic heterocycles. The van der Waals surface area contributed by atoms with E-state index in [4.69, 9.17) is 0 Å². The van der Waals surface area contributed by atoms with Crippen LogP contribution in [-0.4, -0.2) is 16.8 Å². The average molecular weight is 308 g/mol. The first-order valence-corrected chi connectivity index (χ1v) is 6.81. The van der Waals surface area contributed by atoms with Gasteiger partial charge in [-0.2, -0.15) is 5.10 Å². The molecule has 0 saturated carbocycles. The average Bonchev–Trinajstić information content (AvgIpc) is 2.76. The van der Waals surface area contributed by atoms with Crippen molar-refractivity contribution in [1.29, 1.82) is 0 Å². The Morgan fingerprint density at radius 2 is 2.22 bits per heavy atom. The summed E-state index contributed by atoms with van der Waals surface area (Å²) in [5, 5.41) is 7.59. The number of nitrogens with zero attached hydrogens (tertiary/aromatic N) is 2. The van der Waals surface area contributed by atoms with Crippen LogP contribution >= 0.6 is 15.9 Å². The minimum atomic E-state index is 0.295. The maximum atomic E-state index is 4.21. The van der Waals surface area contributed by atoms with Gasteiger partial charge in [-0.15, -0.1) is 0 Å². The van der Waals surface area contributed by atoms with Gasteiger partial charge in [0, 0.05) is 23.8 Å². The van der Waals surface area contributed by atoms with Gasteiger partial charge in [-0.1, -0.05) is 34.1 Å². The van der Waals surface area contributed by atoms with Crippen molar-refractivity contribution in [2.24, 2.45) is 7.05 Å². The first-order valence-electron chi connectivity index (χ1n) is 6.01. The van der Waals surface area contributed by atoms with E-state index in [0.29, 0.717) is 6.04 Å². The van der Waals surface area contributed by atoms with Crippen LogP contribution < -0.4 is 5.32 Å². The van der Waals surface area contributed by atoms with Crippen LogP contribution in [0.15, 0.2) is 35.1 Å². The summed E-state index contributed by atoms with van der Waals surface area (Å²) in [6, 6.07) is 6.67. The van der Waals surface area contributed by atoms with E-state index in [1.165, 1.54) is 21.2 Å². The Hall–Kier alpha value is -1.13. The fourth-order valence-corrected chi connectivity index (χ4v) is 2.66. The van der Waals surface area contributed by atoms with Crippen LogP contribution in [0.25, 0.3) is 0 Å². The predicted octanol–water partition coefficient (Wildman–Crippen LogP) is 2.99. The van der Waals surface area contributed by atoms with Crippen molar-refractivity contribution in [1.82, 2.24) is 15.1 Å². The van der Waals surface area contributed by atoms with Crippen LogP contribution in [0.1, 0.15) is 22.7 Å². The molecular weight excluding hydrogens is 290 g/mol. The Bertz CT molecular complexity index is 534. The van der Waals surface area contributed by atoms with Crippen molar-refractivity contribution in [3.8, 4) is 0 Å². The number of aryl methyl sites for hydroxylation is 2. The smallest absolute Gasteiger partial charge is 0.0522 e. The maximum Gasteiger partial charge on any atom is 0.0522 e. The third-order valence-corrected chi connectivity index (χ3v) is 4.23. The van der Waals surface area contributed by atoms with Crippen molar-refractivity contribution in [2.45, 2.75) is 19.4 Å². The molecule has 1 atom stereocenters. The molecular formula is C14H18BrN3. The van der Waals surface area contributed by atoms with Crippen LogP contribution in [0.5, 0.6) is 0 Å². The second-order valence-electron chi connectivity index (χ2n) is 4.55. The molecule has 0 aliphatic rings. The van der Waals surface area contributed by atoms with Gasteiger partial charge in [0.05, 0.1) is 6.20 Å². The van der Waals surface area contributed by atoms with Gasteiger partial charge < -0.3 is 5.32 Å². The van der Waals surface area contributed by atoms with Crippen LogP contribution in [0, 0.1) is 6.92 Å². The molecule has 1 N–H and O–H groups in total. The van der Waals surface area contributed by atoms with E-state index in [0.717, 1.165) is 6.42 Å². The fraction of sp³-hybridized carbons (Fsp3) is 0.357. The summed E-state index contributed by atoms with van der Waals surface area (Å²) < 4.78 is 3.03. The fourth-order valence-electron chi connectivity index (χ4n) is 2.12. The second kappa shape index (κ2) is 5.67. The van der Waals surface area contributed by atoms with E-state index in [-0.39, 0.29) is 0 Å². The van der Waals surface area contributed by atoms with E-state index < -0.39 is 0 Å². The number of halogens is 1. The monoisotopic (exact) mass is 307 g/mol. The molecule has 4 heteroatoms. The number of aromatic nitrogens is 2. The van der Waals surface area contributed by atoms with E-state index >= 15 is 0 Å². The summed E-state index contributed by atoms with van der Waals surface area (Å²) in [7, 11) is 3.94. The van der Waals surface area contributed by atoms with E-state index in [1.54, 1.807) is 0 Å². The van der Waals surface area contributed by atoms with Crippen molar-refractivity contribution in [2.75, 3.05) is 7.05 Å². The van der Waals surface area contributed by atoms with Crippen molar-refractivity contribution in [3.63, 3.8) is 0 Å². The summed E-state index contributed by atoms with van der Waals surface area (Å²) in [6.07, 6.45) is 4.93. The van der Waals surface area contributed by atoms with Gasteiger partial charge in [0.2, 0.25) is 0 Å². The van der Waals surface area contributed by atoms with Crippen molar-refractivity contribution >= 4 is 15.9 Å². The van der Waals surface area contributed by atoms with Crippen LogP contribution in [0.3, 0.4) is 0 Å². The van der Waals surface area contributed by atoms with Crippen LogP contribution in [-0.2, 0) is 13.5 Å². The van der Waals surface area contributed by atoms with Crippen LogP contribution in [0.2, 0.25) is 0 Å². The molecule has 0 fully saturated rings. The quantitative estimate of drug-likeness (QED) is 0.941. The zero-order valence-corrected chi connectivity index (χ0v) is 12.5. The van der Waals surface area contributed by atoms with Gasteiger partial charge in [-0.25, -0.2) is 0 Å². The highest BCUT2D eigenvalue weighted by Gasteiger charge is 2.14. The molecule has 0 radical (unpaired) electrons. The summed E-state index contributed by atoms with van der Waals surface area (Å²) >= 11 is 3.68. The highest BCUT2D eigenvalue weighted by Crippen LogP contribution is 2.28. The molecule has 0 bridgehead atoms. The lowest BCUT2D eigenvalue weighted by atomic mass is 9.99. The lowest BCUT2D eigenvalue weighted by molar-refractivity contribution is 0.589. The van der Waals surface area contributed by atoms with E-state index in [1.807, 2.05) is 25.0 Å². The first kappa shape index (κ1) is 13.3. The molecule has 0 amide bonds. The Morgan fingerprint density at radius 1 is 1.44 bits per heavy atom. The predicted molar refractivity (Wildman–Crippen MR) is 77.6 cm³/mol. The van der Waals surface area contributed by atoms with Gasteiger partial charge in [0.15, 0.2) is 0 Å². The Balaban J connectivity index is 2.25. The summed E-state index contributed by atoms with van der Waals surface area (Å²) in [6.45, 7) is 2.12. The van der Waals surface area contributed by atoms with Crippen LogP contribution in [0.4, 0.5) is 0 Å². The third-order valence-electron chi connectivity index (χ3n) is 3.14. The lowest BCUT2D eigenvalue weighted by Gasteiger charge is -2.18. The SMILES string of the molecule is CNC(Cc1cnn(C)c1)c1cccc(C)c1Br. The maximum absolute atomic E-state index is 4.21. The standard InChI is InChI=1S/C14H18BrN3/c1-10-5-4-6-12(14(10)15)13(16-2)7-11-8-17-18(3)9-11/h4-6,8-9,13,16H,7H2,1-3H3. The Kier molecular flexibility index (Phi) is 4.19. The van der Waals surface area contributed by atoms with E-state index in [2.05, 4.69) is 57.7 Å². The minimum absolute atomic E-state index is 0.295. The molecule has 2 rings (SSSR count). The molecule has 0 spiro atoms. The van der Waals surface area contributed by atoms with Gasteiger partial charge in [-0.3, -0.25) is 4.68 Å². The number of hydrogen-bond donors (Lipinski definition) is 1. The topological polar surface area (TPSA) is 29.9 Å². The molecule has 1 heterocycles. The number of benzene rings is 1. The van der Waals surface area contributed by atoms with Crippen molar-refractivity contribution in [3.05, 3.63) is 51.8 Å². The number of hydrogen-bond acceptors (Lipinski definition) is 2. The van der Waals surface area contributed by atoms with Gasteiger partial charge in [-0.05, 0) is 37.1 Å². The number of nitrogens with one attached hydrogen (secondary N) is 1. The largest absolute Gasteiger partial charge is 0.313 e. The third kappa shape index (κ3) is 2.82. The molecule has 96 valence electrons. The highest BCUT2D eigenvalue weighted by atomic mass is 79.9. The van der Waals surface area contributed by atoms with E-state index in [9.17, 15) is 0 Å². The van der Waals surface area contributed by atoms with Gasteiger partial charge in [0.1, 0.15) is 0 Å². The highest BCUT2D eigenvalue weighted by molar-refractivity contribution is 9.10. The second-order valence-corrected chi connectivity index (χ2v) is 5.34. The normalized spacial score (nSPS) is 12.7. The molecule has 0 saturated heterocycles. The molecule has 1 unspecified atom stereocenters. The summed E-state index contributed by atoms with van der Waals surface area (Å²) in [4.78, 5) is 0.